The van der Waals surface area contributed by atoms with E-state index in [-0.39, 0.29) is 23.6 Å². The smallest absolute Gasteiger partial charge is 0.405 e. The van der Waals surface area contributed by atoms with Crippen molar-refractivity contribution in [1.82, 2.24) is 24.3 Å². The zero-order valence-corrected chi connectivity index (χ0v) is 34.9. The Morgan fingerprint density at radius 3 is 2.31 bits per heavy atom. The van der Waals surface area contributed by atoms with Crippen LogP contribution in [0.15, 0.2) is 97.1 Å². The van der Waals surface area contributed by atoms with Crippen LogP contribution in [0.5, 0.6) is 5.75 Å². The van der Waals surface area contributed by atoms with Gasteiger partial charge in [0.2, 0.25) is 0 Å². The van der Waals surface area contributed by atoms with E-state index in [4.69, 9.17) is 19.3 Å². The van der Waals surface area contributed by atoms with Crippen LogP contribution in [0.1, 0.15) is 56.5 Å². The molecule has 2 atom stereocenters. The van der Waals surface area contributed by atoms with Crippen LogP contribution in [0.3, 0.4) is 0 Å². The summed E-state index contributed by atoms with van der Waals surface area (Å²) in [6.45, 7) is 9.62. The van der Waals surface area contributed by atoms with Crippen molar-refractivity contribution in [2.24, 2.45) is 13.0 Å². The number of para-hydroxylation sites is 1. The number of nitrogens with zero attached hydrogens (tertiary/aromatic N) is 4. The number of rotatable bonds is 14. The largest absolute Gasteiger partial charge is 0.486 e. The van der Waals surface area contributed by atoms with Gasteiger partial charge in [-0.15, -0.1) is 0 Å². The van der Waals surface area contributed by atoms with Gasteiger partial charge in [-0.2, -0.15) is 0 Å². The van der Waals surface area contributed by atoms with Crippen molar-refractivity contribution in [2.75, 3.05) is 26.4 Å². The van der Waals surface area contributed by atoms with Gasteiger partial charge in [0.15, 0.2) is 5.82 Å². The first-order chi connectivity index (χ1) is 27.9. The summed E-state index contributed by atoms with van der Waals surface area (Å²) in [6.07, 6.45) is 1.35. The first-order valence-electron chi connectivity index (χ1n) is 20.3. The second-order valence-corrected chi connectivity index (χ2v) is 21.3. The minimum atomic E-state index is -2.76. The van der Waals surface area contributed by atoms with E-state index in [1.807, 2.05) is 25.2 Å². The highest BCUT2D eigenvalue weighted by Gasteiger charge is 2.50. The van der Waals surface area contributed by atoms with Gasteiger partial charge in [0, 0.05) is 37.6 Å². The first kappa shape index (κ1) is 39.4. The zero-order valence-electron chi connectivity index (χ0n) is 33.9. The lowest BCUT2D eigenvalue weighted by molar-refractivity contribution is 0.0714. The summed E-state index contributed by atoms with van der Waals surface area (Å²) >= 11 is 0. The van der Waals surface area contributed by atoms with E-state index in [0.717, 1.165) is 45.8 Å². The Hall–Kier alpha value is -5.46. The van der Waals surface area contributed by atoms with Crippen molar-refractivity contribution >= 4 is 52.6 Å². The molecule has 2 N–H and O–H groups in total. The molecule has 0 radical (unpaired) electrons. The van der Waals surface area contributed by atoms with Crippen molar-refractivity contribution in [3.63, 3.8) is 0 Å². The summed E-state index contributed by atoms with van der Waals surface area (Å²) in [5, 5.41) is 14.7. The number of hydrogen-bond acceptors (Lipinski definition) is 5. The number of benzene rings is 4. The van der Waals surface area contributed by atoms with E-state index in [0.29, 0.717) is 36.6 Å². The van der Waals surface area contributed by atoms with Gasteiger partial charge in [-0.1, -0.05) is 93.6 Å². The van der Waals surface area contributed by atoms with Crippen LogP contribution in [0.2, 0.25) is 5.04 Å². The van der Waals surface area contributed by atoms with Gasteiger partial charge < -0.3 is 33.6 Å². The molecule has 2 aliphatic rings. The lowest BCUT2D eigenvalue weighted by Crippen LogP contribution is -2.67. The molecule has 1 fully saturated rings. The number of nitrogens with one attached hydrogen (secondary N) is 1. The second-order valence-electron chi connectivity index (χ2n) is 17.0. The van der Waals surface area contributed by atoms with Gasteiger partial charge in [0.25, 0.3) is 14.2 Å². The zero-order chi connectivity index (χ0) is 40.8. The Kier molecular flexibility index (Phi) is 10.7. The van der Waals surface area contributed by atoms with Crippen molar-refractivity contribution < 1.29 is 28.2 Å². The van der Waals surface area contributed by atoms with Crippen LogP contribution >= 0.6 is 0 Å². The number of imidazole rings is 1. The predicted octanol–water partition coefficient (Wildman–Crippen LogP) is 7.55. The molecular weight excluding hydrogens is 750 g/mol. The minimum Gasteiger partial charge on any atom is -0.486 e. The van der Waals surface area contributed by atoms with Gasteiger partial charge in [-0.05, 0) is 77.3 Å². The maximum absolute atomic E-state index is 13.6. The molecule has 6 aromatic rings. The van der Waals surface area contributed by atoms with Gasteiger partial charge in [0.05, 0.1) is 34.9 Å². The maximum atomic E-state index is 13.6. The molecule has 302 valence electrons. The molecule has 0 saturated heterocycles. The average molecular weight is 802 g/mol. The molecule has 58 heavy (non-hydrogen) atoms. The number of halogens is 1. The lowest BCUT2D eigenvalue weighted by Gasteiger charge is -2.43. The number of amides is 2. The lowest BCUT2D eigenvalue weighted by atomic mass is 9.97. The van der Waals surface area contributed by atoms with Crippen LogP contribution in [0.4, 0.5) is 9.18 Å². The SMILES string of the molecule is C[C@@H](CO[Si](c1ccccc1)(c1ccccc1)C(C)(C)C)Oc1cccc2cc(-c3nc4cc5c(cc4n3C)CCN(C[C@@H](CF)NC(=O)O)C5=O)n(CC3CC3)c12. The average Bonchev–Trinajstić information content (AvgIpc) is 3.88. The number of ether oxygens (including phenoxy) is 1. The molecule has 1 aliphatic carbocycles. The highest BCUT2D eigenvalue weighted by Crippen LogP contribution is 2.41. The number of hydrogen-bond donors (Lipinski definition) is 2. The summed E-state index contributed by atoms with van der Waals surface area (Å²) in [5.74, 6) is 1.90. The molecule has 0 bridgehead atoms. The monoisotopic (exact) mass is 801 g/mol. The van der Waals surface area contributed by atoms with Crippen LogP contribution < -0.4 is 20.4 Å². The maximum Gasteiger partial charge on any atom is 0.405 e. The first-order valence-corrected chi connectivity index (χ1v) is 22.2. The number of fused-ring (bicyclic) bond motifs is 3. The summed E-state index contributed by atoms with van der Waals surface area (Å²) < 4.78 is 32.2. The van der Waals surface area contributed by atoms with E-state index in [9.17, 15) is 14.0 Å². The minimum absolute atomic E-state index is 0.0392. The third kappa shape index (κ3) is 7.39. The number of aromatic nitrogens is 3. The van der Waals surface area contributed by atoms with E-state index in [1.165, 1.54) is 28.1 Å². The van der Waals surface area contributed by atoms with E-state index in [1.54, 1.807) is 0 Å². The summed E-state index contributed by atoms with van der Waals surface area (Å²) in [5.41, 5.74) is 5.01. The molecule has 12 heteroatoms. The molecule has 0 unspecified atom stereocenters. The Balaban J connectivity index is 1.11. The fourth-order valence-corrected chi connectivity index (χ4v) is 13.4. The molecular formula is C46H52FN5O5Si. The number of carboxylic acid groups (broad SMARTS) is 1. The van der Waals surface area contributed by atoms with E-state index in [2.05, 4.69) is 121 Å². The Labute approximate surface area is 339 Å². The number of aryl methyl sites for hydroxylation is 1. The third-order valence-corrected chi connectivity index (χ3v) is 16.8. The second kappa shape index (κ2) is 15.7. The van der Waals surface area contributed by atoms with Crippen molar-refractivity contribution in [1.29, 1.82) is 0 Å². The van der Waals surface area contributed by atoms with Gasteiger partial charge in [-0.3, -0.25) is 4.79 Å². The van der Waals surface area contributed by atoms with E-state index >= 15 is 0 Å². The van der Waals surface area contributed by atoms with Crippen LogP contribution in [0, 0.1) is 5.92 Å². The topological polar surface area (TPSA) is 111 Å². The number of carbonyl (C=O) groups excluding carboxylic acids is 1. The molecule has 0 spiro atoms. The summed E-state index contributed by atoms with van der Waals surface area (Å²) in [6, 6.07) is 32.6. The van der Waals surface area contributed by atoms with E-state index < -0.39 is 27.1 Å². The van der Waals surface area contributed by atoms with Crippen LogP contribution in [0.25, 0.3) is 33.5 Å². The molecule has 1 aliphatic heterocycles. The van der Waals surface area contributed by atoms with Crippen molar-refractivity contribution in [3.8, 4) is 17.3 Å². The fourth-order valence-electron chi connectivity index (χ4n) is 8.77. The predicted molar refractivity (Wildman–Crippen MR) is 229 cm³/mol. The van der Waals surface area contributed by atoms with Crippen LogP contribution in [-0.2, 0) is 24.4 Å². The quantitative estimate of drug-likeness (QED) is 0.110. The van der Waals surface area contributed by atoms with Gasteiger partial charge >= 0.3 is 6.09 Å². The van der Waals surface area contributed by atoms with Crippen molar-refractivity contribution in [2.45, 2.75) is 70.7 Å². The molecule has 10 nitrogen and oxygen atoms in total. The Morgan fingerprint density at radius 2 is 1.69 bits per heavy atom. The summed E-state index contributed by atoms with van der Waals surface area (Å²) in [4.78, 5) is 31.5. The highest BCUT2D eigenvalue weighted by atomic mass is 28.4. The fraction of sp³-hybridized carbons (Fsp3) is 0.370. The molecule has 4 aromatic carbocycles. The molecule has 3 heterocycles. The number of alkyl halides is 1. The number of carbonyl (C=O) groups is 2. The molecule has 2 amide bonds. The Morgan fingerprint density at radius 1 is 1.00 bits per heavy atom. The van der Waals surface area contributed by atoms with Gasteiger partial charge in [0.1, 0.15) is 18.5 Å². The normalized spacial score (nSPS) is 15.8. The molecule has 8 rings (SSSR count). The Bertz CT molecular complexity index is 2420. The molecule has 2 aromatic heterocycles. The summed E-state index contributed by atoms with van der Waals surface area (Å²) in [7, 11) is -0.751. The molecule has 1 saturated carbocycles. The standard InChI is InChI=1S/C46H52FN5O5Si/c1-30(29-56-58(46(2,3)4,35-14-8-6-9-15-35)36-16-10-7-11-17-36)57-41-18-12-13-33-24-40(52(42(33)41)27-31-19-20-31)43-49-38-25-37-32(23-39(38)50(43)5)21-22-51(44(37)53)28-34(26-47)48-45(54)55/h6-18,23-25,30-31,34,48H,19-22,26-29H2,1-5H3,(H,54,55)/t30-,34+/m0/s1. The highest BCUT2D eigenvalue weighted by molar-refractivity contribution is 6.99. The van der Waals surface area contributed by atoms with Gasteiger partial charge in [-0.25, -0.2) is 14.2 Å². The van der Waals surface area contributed by atoms with Crippen molar-refractivity contribution in [3.05, 3.63) is 108 Å². The third-order valence-electron chi connectivity index (χ3n) is 11.8. The van der Waals surface area contributed by atoms with Crippen LogP contribution in [-0.4, -0.2) is 83.0 Å².